The van der Waals surface area contributed by atoms with Gasteiger partial charge in [-0.2, -0.15) is 0 Å². The van der Waals surface area contributed by atoms with Crippen molar-refractivity contribution >= 4 is 46.0 Å². The summed E-state index contributed by atoms with van der Waals surface area (Å²) >= 11 is 8.24. The van der Waals surface area contributed by atoms with Crippen molar-refractivity contribution in [1.82, 2.24) is 14.9 Å². The van der Waals surface area contributed by atoms with E-state index < -0.39 is 23.0 Å². The number of nitrogens with one attached hydrogen (secondary N) is 1. The van der Waals surface area contributed by atoms with Crippen molar-refractivity contribution in [1.29, 1.82) is 0 Å². The molecule has 0 saturated heterocycles. The lowest BCUT2D eigenvalue weighted by molar-refractivity contribution is 0.0726. The lowest BCUT2D eigenvalue weighted by Gasteiger charge is -2.39. The molecule has 0 fully saturated rings. The molecular formula is C23H28ClIN4O4. The Labute approximate surface area is 211 Å². The number of rotatable bonds is 8. The first-order chi connectivity index (χ1) is 15.7. The average Bonchev–Trinajstić information content (AvgIpc) is 2.79. The monoisotopic (exact) mass is 586 g/mol. The van der Waals surface area contributed by atoms with Crippen molar-refractivity contribution in [3.8, 4) is 5.75 Å². The molecule has 0 unspecified atom stereocenters. The molecule has 1 aromatic carbocycles. The molecule has 2 amide bonds. The summed E-state index contributed by atoms with van der Waals surface area (Å²) in [7, 11) is 1.62. The molecule has 0 saturated carbocycles. The van der Waals surface area contributed by atoms with Crippen LogP contribution in [0.15, 0.2) is 29.2 Å². The molecule has 2 aromatic rings. The first-order valence-electron chi connectivity index (χ1n) is 10.9. The standard InChI is InChI=1S/C23H28ClIN4O4/c1-4-7-14(5-2)11-28-13-27(3)23(33)19-21(31)20(30)16(12-29(19)28)22(32)26-10-15-8-6-9-17(24)18(15)25/h6,8-9,12,14,31H,4-5,7,10-11,13H2,1-3H3,(H,26,32)/t14-/m0/s1. The van der Waals surface area contributed by atoms with Gasteiger partial charge in [-0.3, -0.25) is 24.1 Å². The molecule has 1 aliphatic heterocycles. The third-order valence-corrected chi connectivity index (χ3v) is 7.76. The summed E-state index contributed by atoms with van der Waals surface area (Å²) in [6.07, 6.45) is 4.35. The Hall–Kier alpha value is -2.27. The number of aromatic nitrogens is 1. The highest BCUT2D eigenvalue weighted by atomic mass is 127. The summed E-state index contributed by atoms with van der Waals surface area (Å²) in [4.78, 5) is 39.9. The molecule has 178 valence electrons. The van der Waals surface area contributed by atoms with Crippen LogP contribution < -0.4 is 15.8 Å². The molecule has 0 radical (unpaired) electrons. The maximum atomic E-state index is 12.9. The van der Waals surface area contributed by atoms with Crippen LogP contribution in [0.5, 0.6) is 5.75 Å². The third kappa shape index (κ3) is 5.29. The fraction of sp³-hybridized carbons (Fsp3) is 0.435. The first kappa shape index (κ1) is 25.4. The van der Waals surface area contributed by atoms with Crippen LogP contribution in [0.4, 0.5) is 0 Å². The molecule has 0 spiro atoms. The summed E-state index contributed by atoms with van der Waals surface area (Å²) in [5.41, 5.74) is -0.411. The van der Waals surface area contributed by atoms with Crippen molar-refractivity contribution in [3.63, 3.8) is 0 Å². The van der Waals surface area contributed by atoms with Crippen molar-refractivity contribution in [3.05, 3.63) is 60.0 Å². The fourth-order valence-corrected chi connectivity index (χ4v) is 4.71. The zero-order chi connectivity index (χ0) is 24.3. The van der Waals surface area contributed by atoms with Gasteiger partial charge in [0.05, 0.1) is 5.02 Å². The Bertz CT molecular complexity index is 1120. The number of nitrogens with zero attached hydrogens (tertiary/aromatic N) is 3. The van der Waals surface area contributed by atoms with Gasteiger partial charge in [-0.1, -0.05) is 50.4 Å². The molecule has 2 N–H and O–H groups in total. The summed E-state index contributed by atoms with van der Waals surface area (Å²) in [6.45, 7) is 5.31. The van der Waals surface area contributed by atoms with Crippen LogP contribution >= 0.6 is 34.2 Å². The van der Waals surface area contributed by atoms with E-state index in [4.69, 9.17) is 11.6 Å². The molecule has 0 bridgehead atoms. The number of pyridine rings is 1. The summed E-state index contributed by atoms with van der Waals surface area (Å²) in [5.74, 6) is -1.45. The molecule has 33 heavy (non-hydrogen) atoms. The van der Waals surface area contributed by atoms with E-state index in [0.717, 1.165) is 28.4 Å². The van der Waals surface area contributed by atoms with E-state index in [2.05, 4.69) is 41.8 Å². The van der Waals surface area contributed by atoms with Gasteiger partial charge in [0.2, 0.25) is 5.43 Å². The molecule has 0 aliphatic carbocycles. The number of carbonyl (C=O) groups excluding carboxylic acids is 2. The SMILES string of the molecule is CCC[C@H](CC)CN1CN(C)C(=O)c2c(O)c(=O)c(C(=O)NCc3cccc(Cl)c3I)cn21. The van der Waals surface area contributed by atoms with Gasteiger partial charge >= 0.3 is 0 Å². The quantitative estimate of drug-likeness (QED) is 0.462. The van der Waals surface area contributed by atoms with Gasteiger partial charge in [-0.05, 0) is 46.6 Å². The van der Waals surface area contributed by atoms with E-state index >= 15 is 0 Å². The lowest BCUT2D eigenvalue weighted by atomic mass is 10.0. The second kappa shape index (κ2) is 10.8. The number of hydrogen-bond donors (Lipinski definition) is 2. The van der Waals surface area contributed by atoms with Gasteiger partial charge in [0.1, 0.15) is 12.2 Å². The van der Waals surface area contributed by atoms with Gasteiger partial charge in [-0.25, -0.2) is 0 Å². The smallest absolute Gasteiger partial charge is 0.277 e. The van der Waals surface area contributed by atoms with E-state index in [9.17, 15) is 19.5 Å². The van der Waals surface area contributed by atoms with Crippen molar-refractivity contribution < 1.29 is 14.7 Å². The molecule has 3 rings (SSSR count). The van der Waals surface area contributed by atoms with Crippen LogP contribution in [0, 0.1) is 9.49 Å². The predicted molar refractivity (Wildman–Crippen MR) is 136 cm³/mol. The van der Waals surface area contributed by atoms with Crippen molar-refractivity contribution in [2.75, 3.05) is 25.3 Å². The minimum Gasteiger partial charge on any atom is -0.502 e. The van der Waals surface area contributed by atoms with E-state index in [1.807, 2.05) is 11.1 Å². The van der Waals surface area contributed by atoms with Crippen LogP contribution in [0.1, 0.15) is 59.5 Å². The van der Waals surface area contributed by atoms with E-state index in [-0.39, 0.29) is 24.5 Å². The topological polar surface area (TPSA) is 94.9 Å². The number of carbonyl (C=O) groups is 2. The molecule has 1 atom stereocenters. The van der Waals surface area contributed by atoms with Gasteiger partial charge in [-0.15, -0.1) is 0 Å². The highest BCUT2D eigenvalue weighted by Crippen LogP contribution is 2.24. The lowest BCUT2D eigenvalue weighted by Crippen LogP contribution is -2.54. The summed E-state index contributed by atoms with van der Waals surface area (Å²) < 4.78 is 2.28. The number of fused-ring (bicyclic) bond motifs is 1. The summed E-state index contributed by atoms with van der Waals surface area (Å²) in [5, 5.41) is 15.8. The Balaban J connectivity index is 1.96. The van der Waals surface area contributed by atoms with Crippen LogP contribution in [-0.2, 0) is 6.54 Å². The largest absolute Gasteiger partial charge is 0.502 e. The maximum absolute atomic E-state index is 12.9. The second-order valence-electron chi connectivity index (χ2n) is 8.21. The van der Waals surface area contributed by atoms with E-state index in [1.165, 1.54) is 15.8 Å². The molecule has 1 aromatic heterocycles. The number of hydrogen-bond acceptors (Lipinski definition) is 5. The van der Waals surface area contributed by atoms with Gasteiger partial charge in [0, 0.05) is 29.9 Å². The Morgan fingerprint density at radius 3 is 2.70 bits per heavy atom. The number of amides is 2. The Morgan fingerprint density at radius 1 is 1.30 bits per heavy atom. The van der Waals surface area contributed by atoms with Crippen molar-refractivity contribution in [2.45, 2.75) is 39.7 Å². The fourth-order valence-electron chi connectivity index (χ4n) is 3.96. The molecule has 10 heteroatoms. The Kier molecular flexibility index (Phi) is 8.28. The maximum Gasteiger partial charge on any atom is 0.277 e. The van der Waals surface area contributed by atoms with Crippen LogP contribution in [0.3, 0.4) is 0 Å². The minimum absolute atomic E-state index is 0.124. The van der Waals surface area contributed by atoms with Crippen LogP contribution in [0.25, 0.3) is 0 Å². The molecule has 2 heterocycles. The van der Waals surface area contributed by atoms with Gasteiger partial charge in [0.25, 0.3) is 11.8 Å². The number of aromatic hydroxyl groups is 1. The third-order valence-electron chi connectivity index (χ3n) is 5.85. The second-order valence-corrected chi connectivity index (χ2v) is 9.69. The van der Waals surface area contributed by atoms with Crippen LogP contribution in [0.2, 0.25) is 5.02 Å². The van der Waals surface area contributed by atoms with E-state index in [1.54, 1.807) is 19.2 Å². The highest BCUT2D eigenvalue weighted by molar-refractivity contribution is 14.1. The predicted octanol–water partition coefficient (Wildman–Crippen LogP) is 3.55. The van der Waals surface area contributed by atoms with Crippen molar-refractivity contribution in [2.24, 2.45) is 5.92 Å². The number of benzene rings is 1. The normalized spacial score (nSPS) is 14.3. The average molecular weight is 587 g/mol. The zero-order valence-electron chi connectivity index (χ0n) is 18.9. The van der Waals surface area contributed by atoms with Crippen LogP contribution in [-0.4, -0.2) is 46.8 Å². The number of halogens is 2. The highest BCUT2D eigenvalue weighted by Gasteiger charge is 2.33. The minimum atomic E-state index is -0.872. The van der Waals surface area contributed by atoms with Gasteiger partial charge in [0.15, 0.2) is 11.4 Å². The summed E-state index contributed by atoms with van der Waals surface area (Å²) in [6, 6.07) is 5.37. The molecular weight excluding hydrogens is 559 g/mol. The zero-order valence-corrected chi connectivity index (χ0v) is 21.8. The molecule has 8 nitrogen and oxygen atoms in total. The van der Waals surface area contributed by atoms with E-state index in [0.29, 0.717) is 17.5 Å². The van der Waals surface area contributed by atoms with Gasteiger partial charge < -0.3 is 15.3 Å². The molecule has 1 aliphatic rings. The first-order valence-corrected chi connectivity index (χ1v) is 12.4. The Morgan fingerprint density at radius 2 is 2.03 bits per heavy atom.